The van der Waals surface area contributed by atoms with Gasteiger partial charge >= 0.3 is 6.09 Å². The first kappa shape index (κ1) is 23.6. The molecule has 180 valence electrons. The summed E-state index contributed by atoms with van der Waals surface area (Å²) in [6, 6.07) is 10.1. The molecule has 0 aliphatic carbocycles. The van der Waals surface area contributed by atoms with Crippen LogP contribution in [0.5, 0.6) is 0 Å². The van der Waals surface area contributed by atoms with Crippen LogP contribution in [0, 0.1) is 11.6 Å². The van der Waals surface area contributed by atoms with Crippen LogP contribution in [0.1, 0.15) is 17.3 Å². The van der Waals surface area contributed by atoms with Crippen molar-refractivity contribution in [3.63, 3.8) is 0 Å². The highest BCUT2D eigenvalue weighted by molar-refractivity contribution is 5.97. The van der Waals surface area contributed by atoms with Gasteiger partial charge in [-0.3, -0.25) is 19.4 Å². The zero-order chi connectivity index (χ0) is 24.2. The lowest BCUT2D eigenvalue weighted by atomic mass is 10.1. The minimum Gasteiger partial charge on any atom is -0.442 e. The monoisotopic (exact) mass is 472 g/mol. The lowest BCUT2D eigenvalue weighted by Crippen LogP contribution is -2.48. The van der Waals surface area contributed by atoms with Gasteiger partial charge in [-0.2, -0.15) is 0 Å². The fourth-order valence-electron chi connectivity index (χ4n) is 4.09. The standard InChI is InChI=1S/C24H26F2N4O4/c1-16(31)27-13-20-14-30(24(33)34-20)19-6-7-22(21(26)12-19)29-10-8-28(9-11-29)15-23(32)17-2-4-18(25)5-3-17/h2-7,12,20H,8-11,13-15H2,1H3,(H,27,31)/t20-/m0/s1. The molecule has 34 heavy (non-hydrogen) atoms. The van der Waals surface area contributed by atoms with Crippen LogP contribution < -0.4 is 15.1 Å². The fraction of sp³-hybridized carbons (Fsp3) is 0.375. The number of amides is 2. The second-order valence-electron chi connectivity index (χ2n) is 8.38. The maximum Gasteiger partial charge on any atom is 0.414 e. The van der Waals surface area contributed by atoms with Crippen LogP contribution in [0.25, 0.3) is 0 Å². The fourth-order valence-corrected chi connectivity index (χ4v) is 4.09. The Hall–Kier alpha value is -3.53. The molecule has 2 saturated heterocycles. The molecule has 0 aromatic heterocycles. The van der Waals surface area contributed by atoms with Crippen LogP contribution in [0.4, 0.5) is 25.0 Å². The van der Waals surface area contributed by atoms with E-state index in [0.717, 1.165) is 0 Å². The number of cyclic esters (lactones) is 1. The molecule has 0 radical (unpaired) electrons. The summed E-state index contributed by atoms with van der Waals surface area (Å²) in [5.41, 5.74) is 1.28. The predicted molar refractivity (Wildman–Crippen MR) is 122 cm³/mol. The second kappa shape index (κ2) is 10.2. The number of carbonyl (C=O) groups excluding carboxylic acids is 3. The number of rotatable bonds is 7. The van der Waals surface area contributed by atoms with Crippen LogP contribution in [-0.2, 0) is 9.53 Å². The van der Waals surface area contributed by atoms with Crippen molar-refractivity contribution in [2.75, 3.05) is 55.6 Å². The number of hydrogen-bond donors (Lipinski definition) is 1. The number of Topliss-reactive ketones (excluding diaryl/α,β-unsaturated/α-hetero) is 1. The van der Waals surface area contributed by atoms with E-state index in [1.54, 1.807) is 12.1 Å². The molecule has 0 saturated carbocycles. The Labute approximate surface area is 196 Å². The Morgan fingerprint density at radius 3 is 2.41 bits per heavy atom. The molecule has 2 aromatic carbocycles. The van der Waals surface area contributed by atoms with Gasteiger partial charge in [0, 0.05) is 38.7 Å². The van der Waals surface area contributed by atoms with Crippen molar-refractivity contribution in [2.24, 2.45) is 0 Å². The van der Waals surface area contributed by atoms with E-state index in [9.17, 15) is 23.2 Å². The normalized spacial score (nSPS) is 18.7. The zero-order valence-electron chi connectivity index (χ0n) is 18.8. The van der Waals surface area contributed by atoms with Crippen molar-refractivity contribution in [3.05, 3.63) is 59.7 Å². The van der Waals surface area contributed by atoms with Gasteiger partial charge in [0.25, 0.3) is 0 Å². The van der Waals surface area contributed by atoms with Gasteiger partial charge in [-0.1, -0.05) is 0 Å². The molecule has 0 bridgehead atoms. The summed E-state index contributed by atoms with van der Waals surface area (Å²) < 4.78 is 33.2. The topological polar surface area (TPSA) is 82.2 Å². The minimum absolute atomic E-state index is 0.0849. The number of ketones is 1. The average Bonchev–Trinajstić information content (AvgIpc) is 3.19. The van der Waals surface area contributed by atoms with Gasteiger partial charge in [0.2, 0.25) is 5.91 Å². The first-order valence-electron chi connectivity index (χ1n) is 11.1. The molecule has 2 heterocycles. The van der Waals surface area contributed by atoms with E-state index in [4.69, 9.17) is 4.74 Å². The quantitative estimate of drug-likeness (QED) is 0.624. The number of halogens is 2. The summed E-state index contributed by atoms with van der Waals surface area (Å²) in [6.45, 7) is 4.26. The van der Waals surface area contributed by atoms with Crippen LogP contribution in [-0.4, -0.2) is 74.6 Å². The van der Waals surface area contributed by atoms with Crippen molar-refractivity contribution in [2.45, 2.75) is 13.0 Å². The Morgan fingerprint density at radius 1 is 1.06 bits per heavy atom. The van der Waals surface area contributed by atoms with Gasteiger partial charge in [0.05, 0.1) is 31.0 Å². The van der Waals surface area contributed by atoms with Crippen LogP contribution in [0.15, 0.2) is 42.5 Å². The van der Waals surface area contributed by atoms with Gasteiger partial charge in [-0.05, 0) is 42.5 Å². The molecule has 2 aromatic rings. The third-order valence-electron chi connectivity index (χ3n) is 5.94. The summed E-state index contributed by atoms with van der Waals surface area (Å²) in [7, 11) is 0. The Kier molecular flexibility index (Phi) is 7.06. The maximum atomic E-state index is 15.0. The highest BCUT2D eigenvalue weighted by Gasteiger charge is 2.33. The van der Waals surface area contributed by atoms with Crippen molar-refractivity contribution >= 4 is 29.2 Å². The van der Waals surface area contributed by atoms with E-state index < -0.39 is 18.0 Å². The van der Waals surface area contributed by atoms with E-state index >= 15 is 0 Å². The van der Waals surface area contributed by atoms with E-state index in [1.807, 2.05) is 9.80 Å². The van der Waals surface area contributed by atoms with E-state index in [2.05, 4.69) is 5.32 Å². The molecule has 2 fully saturated rings. The molecule has 2 aliphatic rings. The van der Waals surface area contributed by atoms with Crippen LogP contribution in [0.3, 0.4) is 0 Å². The molecule has 1 N–H and O–H groups in total. The zero-order valence-corrected chi connectivity index (χ0v) is 18.8. The molecular weight excluding hydrogens is 446 g/mol. The molecule has 0 spiro atoms. The van der Waals surface area contributed by atoms with Gasteiger partial charge in [0.15, 0.2) is 5.78 Å². The highest BCUT2D eigenvalue weighted by Crippen LogP contribution is 2.28. The predicted octanol–water partition coefficient (Wildman–Crippen LogP) is 2.43. The lowest BCUT2D eigenvalue weighted by Gasteiger charge is -2.36. The molecule has 1 atom stereocenters. The Morgan fingerprint density at radius 2 is 1.76 bits per heavy atom. The van der Waals surface area contributed by atoms with Gasteiger partial charge < -0.3 is 15.0 Å². The van der Waals surface area contributed by atoms with E-state index in [0.29, 0.717) is 43.1 Å². The number of anilines is 2. The number of ether oxygens (including phenoxy) is 1. The number of benzene rings is 2. The minimum atomic E-state index is -0.582. The van der Waals surface area contributed by atoms with Crippen LogP contribution >= 0.6 is 0 Å². The first-order valence-corrected chi connectivity index (χ1v) is 11.1. The van der Waals surface area contributed by atoms with E-state index in [-0.39, 0.29) is 37.1 Å². The second-order valence-corrected chi connectivity index (χ2v) is 8.38. The lowest BCUT2D eigenvalue weighted by molar-refractivity contribution is -0.119. The number of nitrogens with zero attached hydrogens (tertiary/aromatic N) is 3. The molecule has 0 unspecified atom stereocenters. The molecule has 8 nitrogen and oxygen atoms in total. The summed E-state index contributed by atoms with van der Waals surface area (Å²) in [4.78, 5) is 40.9. The van der Waals surface area contributed by atoms with Gasteiger partial charge in [0.1, 0.15) is 17.7 Å². The maximum absolute atomic E-state index is 15.0. The van der Waals surface area contributed by atoms with Crippen molar-refractivity contribution in [1.29, 1.82) is 0 Å². The number of hydrogen-bond acceptors (Lipinski definition) is 6. The van der Waals surface area contributed by atoms with Gasteiger partial charge in [-0.25, -0.2) is 13.6 Å². The average molecular weight is 472 g/mol. The molecule has 2 amide bonds. The number of piperazine rings is 1. The molecule has 10 heteroatoms. The smallest absolute Gasteiger partial charge is 0.414 e. The summed E-state index contributed by atoms with van der Waals surface area (Å²) >= 11 is 0. The van der Waals surface area contributed by atoms with Crippen LogP contribution in [0.2, 0.25) is 0 Å². The summed E-state index contributed by atoms with van der Waals surface area (Å²) in [6.07, 6.45) is -1.08. The van der Waals surface area contributed by atoms with Crippen molar-refractivity contribution in [1.82, 2.24) is 10.2 Å². The van der Waals surface area contributed by atoms with Crippen molar-refractivity contribution < 1.29 is 27.9 Å². The third-order valence-corrected chi connectivity index (χ3v) is 5.94. The third kappa shape index (κ3) is 5.51. The first-order chi connectivity index (χ1) is 16.3. The van der Waals surface area contributed by atoms with Gasteiger partial charge in [-0.15, -0.1) is 0 Å². The number of carbonyl (C=O) groups is 3. The highest BCUT2D eigenvalue weighted by atomic mass is 19.1. The molecular formula is C24H26F2N4O4. The van der Waals surface area contributed by atoms with E-state index in [1.165, 1.54) is 42.2 Å². The molecule has 4 rings (SSSR count). The largest absolute Gasteiger partial charge is 0.442 e. The molecule has 2 aliphatic heterocycles. The summed E-state index contributed by atoms with van der Waals surface area (Å²) in [5, 5.41) is 2.61. The Bertz CT molecular complexity index is 1070. The number of nitrogens with one attached hydrogen (secondary N) is 1. The Balaban J connectivity index is 1.32. The van der Waals surface area contributed by atoms with Crippen molar-refractivity contribution in [3.8, 4) is 0 Å². The summed E-state index contributed by atoms with van der Waals surface area (Å²) in [5.74, 6) is -1.14. The SMILES string of the molecule is CC(=O)NC[C@H]1CN(c2ccc(N3CCN(CC(=O)c4ccc(F)cc4)CC3)c(F)c2)C(=O)O1.